The molecule has 0 amide bonds. The van der Waals surface area contributed by atoms with Gasteiger partial charge in [-0.3, -0.25) is 9.59 Å². The monoisotopic (exact) mass is 228 g/mol. The minimum atomic E-state index is -0.0373. The molecule has 0 aliphatic rings. The van der Waals surface area contributed by atoms with Crippen molar-refractivity contribution in [3.8, 4) is 0 Å². The van der Waals surface area contributed by atoms with E-state index < -0.39 is 0 Å². The van der Waals surface area contributed by atoms with Crippen molar-refractivity contribution >= 4 is 11.6 Å². The number of rotatable bonds is 10. The number of Topliss-reactive ketones (excluding diaryl/α,β-unsaturated/α-hetero) is 2. The molecule has 0 fully saturated rings. The second-order valence-electron chi connectivity index (χ2n) is 4.73. The summed E-state index contributed by atoms with van der Waals surface area (Å²) < 4.78 is 4.95. The topological polar surface area (TPSA) is 43.4 Å². The molecule has 0 bridgehead atoms. The van der Waals surface area contributed by atoms with Gasteiger partial charge in [-0.25, -0.2) is 0 Å². The molecular weight excluding hydrogens is 204 g/mol. The smallest absolute Gasteiger partial charge is 0.158 e. The third-order valence-electron chi connectivity index (χ3n) is 2.31. The highest BCUT2D eigenvalue weighted by Crippen LogP contribution is 2.09. The Bertz CT molecular complexity index is 209. The van der Waals surface area contributed by atoms with Crippen molar-refractivity contribution < 1.29 is 14.3 Å². The third kappa shape index (κ3) is 11.4. The first-order valence-corrected chi connectivity index (χ1v) is 6.11. The Morgan fingerprint density at radius 3 is 2.31 bits per heavy atom. The average molecular weight is 228 g/mol. The van der Waals surface area contributed by atoms with Crippen LogP contribution in [0.4, 0.5) is 0 Å². The summed E-state index contributed by atoms with van der Waals surface area (Å²) in [5, 5.41) is 0. The quantitative estimate of drug-likeness (QED) is 0.540. The highest BCUT2D eigenvalue weighted by molar-refractivity contribution is 5.80. The van der Waals surface area contributed by atoms with E-state index in [9.17, 15) is 9.59 Å². The van der Waals surface area contributed by atoms with Gasteiger partial charge in [-0.1, -0.05) is 33.1 Å². The van der Waals surface area contributed by atoms with Crippen molar-refractivity contribution in [1.82, 2.24) is 0 Å². The molecule has 0 heterocycles. The minimum Gasteiger partial charge on any atom is -0.366 e. The van der Waals surface area contributed by atoms with E-state index in [-0.39, 0.29) is 24.8 Å². The minimum absolute atomic E-state index is 0.0373. The average Bonchev–Trinajstić information content (AvgIpc) is 2.16. The number of ether oxygens (including phenoxy) is 1. The predicted molar refractivity (Wildman–Crippen MR) is 64.4 cm³/mol. The first kappa shape index (κ1) is 15.3. The second kappa shape index (κ2) is 9.52. The van der Waals surface area contributed by atoms with Gasteiger partial charge in [0.2, 0.25) is 0 Å². The molecule has 0 atom stereocenters. The first-order valence-electron chi connectivity index (χ1n) is 6.11. The molecule has 0 aliphatic carbocycles. The third-order valence-corrected chi connectivity index (χ3v) is 2.31. The van der Waals surface area contributed by atoms with Crippen LogP contribution in [0.1, 0.15) is 52.9 Å². The Hall–Kier alpha value is -0.700. The lowest BCUT2D eigenvalue weighted by Gasteiger charge is -2.04. The Kier molecular flexibility index (Phi) is 9.10. The number of hydrogen-bond donors (Lipinski definition) is 0. The highest BCUT2D eigenvalue weighted by atomic mass is 16.5. The summed E-state index contributed by atoms with van der Waals surface area (Å²) in [6, 6.07) is 0. The lowest BCUT2D eigenvalue weighted by atomic mass is 10.0. The van der Waals surface area contributed by atoms with Crippen LogP contribution in [0.3, 0.4) is 0 Å². The van der Waals surface area contributed by atoms with E-state index in [0.29, 0.717) is 6.42 Å². The maximum Gasteiger partial charge on any atom is 0.158 e. The zero-order valence-electron chi connectivity index (χ0n) is 10.8. The lowest BCUT2D eigenvalue weighted by molar-refractivity contribution is -0.127. The lowest BCUT2D eigenvalue weighted by Crippen LogP contribution is -2.12. The normalized spacial score (nSPS) is 10.8. The molecule has 0 radical (unpaired) electrons. The molecule has 0 N–H and O–H groups in total. The van der Waals surface area contributed by atoms with Crippen molar-refractivity contribution in [3.05, 3.63) is 0 Å². The van der Waals surface area contributed by atoms with Gasteiger partial charge in [0.15, 0.2) is 11.6 Å². The zero-order chi connectivity index (χ0) is 12.4. The highest BCUT2D eigenvalue weighted by Gasteiger charge is 2.03. The van der Waals surface area contributed by atoms with Gasteiger partial charge in [0, 0.05) is 6.42 Å². The summed E-state index contributed by atoms with van der Waals surface area (Å²) in [5.41, 5.74) is 0. The zero-order valence-corrected chi connectivity index (χ0v) is 10.8. The molecular formula is C13H24O3. The number of ketones is 2. The fraction of sp³-hybridized carbons (Fsp3) is 0.846. The van der Waals surface area contributed by atoms with Crippen molar-refractivity contribution in [2.75, 3.05) is 13.2 Å². The van der Waals surface area contributed by atoms with E-state index in [1.165, 1.54) is 19.8 Å². The van der Waals surface area contributed by atoms with E-state index in [4.69, 9.17) is 4.74 Å². The van der Waals surface area contributed by atoms with Crippen LogP contribution in [-0.2, 0) is 14.3 Å². The summed E-state index contributed by atoms with van der Waals surface area (Å²) in [6.07, 6.45) is 5.05. The van der Waals surface area contributed by atoms with E-state index in [0.717, 1.165) is 18.8 Å². The molecule has 0 aliphatic heterocycles. The molecule has 0 unspecified atom stereocenters. The van der Waals surface area contributed by atoms with Crippen LogP contribution in [0.15, 0.2) is 0 Å². The molecule has 0 aromatic carbocycles. The Morgan fingerprint density at radius 2 is 1.75 bits per heavy atom. The maximum absolute atomic E-state index is 11.3. The van der Waals surface area contributed by atoms with Gasteiger partial charge in [0.25, 0.3) is 0 Å². The number of carbonyl (C=O) groups is 2. The summed E-state index contributed by atoms with van der Waals surface area (Å²) in [4.78, 5) is 21.8. The van der Waals surface area contributed by atoms with Crippen LogP contribution in [0.5, 0.6) is 0 Å². The summed E-state index contributed by atoms with van der Waals surface area (Å²) >= 11 is 0. The van der Waals surface area contributed by atoms with Crippen LogP contribution in [0, 0.1) is 5.92 Å². The van der Waals surface area contributed by atoms with Crippen LogP contribution >= 0.6 is 0 Å². The molecule has 0 saturated carbocycles. The van der Waals surface area contributed by atoms with Crippen LogP contribution < -0.4 is 0 Å². The fourth-order valence-electron chi connectivity index (χ4n) is 1.43. The maximum atomic E-state index is 11.3. The van der Waals surface area contributed by atoms with Gasteiger partial charge in [-0.05, 0) is 19.3 Å². The summed E-state index contributed by atoms with van der Waals surface area (Å²) in [7, 11) is 0. The van der Waals surface area contributed by atoms with E-state index >= 15 is 0 Å². The van der Waals surface area contributed by atoms with Crippen LogP contribution in [-0.4, -0.2) is 24.8 Å². The van der Waals surface area contributed by atoms with Crippen molar-refractivity contribution in [3.63, 3.8) is 0 Å². The molecule has 16 heavy (non-hydrogen) atoms. The SMILES string of the molecule is CC(=O)COCC(=O)CCCCCC(C)C. The first-order chi connectivity index (χ1) is 7.52. The van der Waals surface area contributed by atoms with Gasteiger partial charge in [0.05, 0.1) is 0 Å². The van der Waals surface area contributed by atoms with Gasteiger partial charge in [-0.15, -0.1) is 0 Å². The number of unbranched alkanes of at least 4 members (excludes halogenated alkanes) is 2. The number of carbonyl (C=O) groups excluding carboxylic acids is 2. The Labute approximate surface area is 98.6 Å². The van der Waals surface area contributed by atoms with E-state index in [1.54, 1.807) is 0 Å². The Balaban J connectivity index is 3.27. The van der Waals surface area contributed by atoms with Crippen LogP contribution in [0.25, 0.3) is 0 Å². The van der Waals surface area contributed by atoms with Gasteiger partial charge >= 0.3 is 0 Å². The molecule has 0 spiro atoms. The standard InChI is InChI=1S/C13H24O3/c1-11(2)7-5-4-6-8-13(15)10-16-9-12(3)14/h11H,4-10H2,1-3H3. The molecule has 0 aromatic heterocycles. The molecule has 0 aromatic rings. The molecule has 3 nitrogen and oxygen atoms in total. The molecule has 0 saturated heterocycles. The van der Waals surface area contributed by atoms with Crippen molar-refractivity contribution in [1.29, 1.82) is 0 Å². The Morgan fingerprint density at radius 1 is 1.06 bits per heavy atom. The summed E-state index contributed by atoms with van der Waals surface area (Å²) in [5.74, 6) is 0.810. The second-order valence-corrected chi connectivity index (χ2v) is 4.73. The molecule has 3 heteroatoms. The van der Waals surface area contributed by atoms with Crippen molar-refractivity contribution in [2.45, 2.75) is 52.9 Å². The summed E-state index contributed by atoms with van der Waals surface area (Å²) in [6.45, 7) is 6.01. The largest absolute Gasteiger partial charge is 0.366 e. The molecule has 0 rings (SSSR count). The van der Waals surface area contributed by atoms with E-state index in [2.05, 4.69) is 13.8 Å². The van der Waals surface area contributed by atoms with Gasteiger partial charge in [0.1, 0.15) is 13.2 Å². The fourth-order valence-corrected chi connectivity index (χ4v) is 1.43. The van der Waals surface area contributed by atoms with E-state index in [1.807, 2.05) is 0 Å². The predicted octanol–water partition coefficient (Wildman–Crippen LogP) is 2.77. The van der Waals surface area contributed by atoms with Crippen LogP contribution in [0.2, 0.25) is 0 Å². The number of hydrogen-bond acceptors (Lipinski definition) is 3. The van der Waals surface area contributed by atoms with Gasteiger partial charge < -0.3 is 4.74 Å². The van der Waals surface area contributed by atoms with Gasteiger partial charge in [-0.2, -0.15) is 0 Å². The van der Waals surface area contributed by atoms with Crippen molar-refractivity contribution in [2.24, 2.45) is 5.92 Å². The molecule has 94 valence electrons.